The van der Waals surface area contributed by atoms with Crippen LogP contribution in [0, 0.1) is 5.41 Å². The second kappa shape index (κ2) is 17.9. The minimum absolute atomic E-state index is 0.164. The number of thiophene rings is 1. The van der Waals surface area contributed by atoms with E-state index in [0.717, 1.165) is 11.5 Å². The molecule has 6 nitrogen and oxygen atoms in total. The quantitative estimate of drug-likeness (QED) is 0.103. The van der Waals surface area contributed by atoms with Gasteiger partial charge in [0, 0.05) is 46.5 Å². The second-order valence-corrected chi connectivity index (χ2v) is 18.9. The van der Waals surface area contributed by atoms with Crippen molar-refractivity contribution in [2.24, 2.45) is 5.41 Å². The fourth-order valence-electron chi connectivity index (χ4n) is 4.75. The summed E-state index contributed by atoms with van der Waals surface area (Å²) in [7, 11) is 3.34. The minimum Gasteiger partial charge on any atom is -0.382 e. The van der Waals surface area contributed by atoms with E-state index < -0.39 is 0 Å². The first-order chi connectivity index (χ1) is 22.7. The van der Waals surface area contributed by atoms with E-state index in [4.69, 9.17) is 28.4 Å². The predicted molar refractivity (Wildman–Crippen MR) is 201 cm³/mol. The summed E-state index contributed by atoms with van der Waals surface area (Å²) >= 11 is 13.5. The Morgan fingerprint density at radius 2 is 1.13 bits per heavy atom. The lowest BCUT2D eigenvalue weighted by Crippen LogP contribution is -2.38. The van der Waals surface area contributed by atoms with Crippen LogP contribution in [0.15, 0.2) is 86.7 Å². The fourth-order valence-corrected chi connectivity index (χ4v) is 15.8. The van der Waals surface area contributed by atoms with Gasteiger partial charge in [-0.05, 0) is 11.1 Å². The van der Waals surface area contributed by atoms with E-state index in [1.807, 2.05) is 81.9 Å². The highest BCUT2D eigenvalue weighted by atomic mass is 32.3. The molecule has 4 heterocycles. The van der Waals surface area contributed by atoms with Crippen LogP contribution in [0.3, 0.4) is 0 Å². The maximum atomic E-state index is 6.02. The highest BCUT2D eigenvalue weighted by molar-refractivity contribution is 8.42. The molecule has 0 saturated heterocycles. The molecule has 0 aliphatic carbocycles. The van der Waals surface area contributed by atoms with Gasteiger partial charge >= 0.3 is 0 Å². The van der Waals surface area contributed by atoms with Crippen molar-refractivity contribution in [1.82, 2.24) is 0 Å². The SMILES string of the molecule is COCCOCOCC1(COCOCCOC)CSC2=C(SC1)SC(=C1Sc3sc(-c4ccccc4)c(-c4ccccc4)c3S1)S2. The van der Waals surface area contributed by atoms with Crippen molar-refractivity contribution in [3.8, 4) is 21.6 Å². The third-order valence-corrected chi connectivity index (χ3v) is 17.9. The molecule has 0 atom stereocenters. The summed E-state index contributed by atoms with van der Waals surface area (Å²) in [5.41, 5.74) is 3.75. The Morgan fingerprint density at radius 1 is 0.587 bits per heavy atom. The lowest BCUT2D eigenvalue weighted by molar-refractivity contribution is -0.117. The van der Waals surface area contributed by atoms with Gasteiger partial charge in [-0.15, -0.1) is 34.9 Å². The third kappa shape index (κ3) is 8.98. The van der Waals surface area contributed by atoms with Crippen LogP contribution in [0.2, 0.25) is 0 Å². The van der Waals surface area contributed by atoms with Crippen LogP contribution in [-0.2, 0) is 28.4 Å². The molecule has 0 bridgehead atoms. The van der Waals surface area contributed by atoms with Gasteiger partial charge in [0.2, 0.25) is 0 Å². The molecular weight excluding hydrogens is 717 g/mol. The molecular formula is C33H36O6S7. The number of fused-ring (bicyclic) bond motifs is 1. The first-order valence-electron chi connectivity index (χ1n) is 14.7. The van der Waals surface area contributed by atoms with E-state index in [1.54, 1.807) is 14.2 Å². The molecule has 0 fully saturated rings. The van der Waals surface area contributed by atoms with E-state index in [0.29, 0.717) is 39.6 Å². The minimum atomic E-state index is -0.164. The van der Waals surface area contributed by atoms with Gasteiger partial charge in [0.1, 0.15) is 13.6 Å². The van der Waals surface area contributed by atoms with Gasteiger partial charge in [0.25, 0.3) is 0 Å². The smallest absolute Gasteiger partial charge is 0.146 e. The number of rotatable bonds is 16. The summed E-state index contributed by atoms with van der Waals surface area (Å²) in [4.78, 5) is 2.74. The van der Waals surface area contributed by atoms with Crippen LogP contribution in [0.25, 0.3) is 21.6 Å². The lowest BCUT2D eigenvalue weighted by Gasteiger charge is -2.31. The molecule has 0 N–H and O–H groups in total. The van der Waals surface area contributed by atoms with Gasteiger partial charge in [-0.3, -0.25) is 0 Å². The number of ether oxygens (including phenoxy) is 6. The Kier molecular flexibility index (Phi) is 13.8. The van der Waals surface area contributed by atoms with E-state index >= 15 is 0 Å². The third-order valence-electron chi connectivity index (χ3n) is 7.05. The molecule has 0 amide bonds. The van der Waals surface area contributed by atoms with Crippen molar-refractivity contribution in [1.29, 1.82) is 0 Å². The summed E-state index contributed by atoms with van der Waals surface area (Å²) in [6.07, 6.45) is 0. The van der Waals surface area contributed by atoms with Gasteiger partial charge in [0.05, 0.1) is 60.8 Å². The van der Waals surface area contributed by atoms with Crippen molar-refractivity contribution < 1.29 is 28.4 Å². The largest absolute Gasteiger partial charge is 0.382 e. The second-order valence-electron chi connectivity index (χ2n) is 10.5. The van der Waals surface area contributed by atoms with Crippen LogP contribution in [0.5, 0.6) is 0 Å². The number of benzene rings is 2. The maximum Gasteiger partial charge on any atom is 0.146 e. The molecule has 0 radical (unpaired) electrons. The molecule has 0 unspecified atom stereocenters. The van der Waals surface area contributed by atoms with Gasteiger partial charge in [-0.25, -0.2) is 0 Å². The lowest BCUT2D eigenvalue weighted by atomic mass is 9.95. The zero-order chi connectivity index (χ0) is 31.6. The van der Waals surface area contributed by atoms with Crippen molar-refractivity contribution in [3.63, 3.8) is 0 Å². The zero-order valence-corrected chi connectivity index (χ0v) is 31.4. The van der Waals surface area contributed by atoms with E-state index in [9.17, 15) is 0 Å². The number of hydrogen-bond donors (Lipinski definition) is 0. The molecule has 0 spiro atoms. The first kappa shape index (κ1) is 35.3. The summed E-state index contributed by atoms with van der Waals surface area (Å²) in [5.74, 6) is 1.80. The maximum absolute atomic E-state index is 6.02. The van der Waals surface area contributed by atoms with Gasteiger partial charge in [-0.1, -0.05) is 108 Å². The number of thioether (sulfide) groups is 6. The monoisotopic (exact) mass is 752 g/mol. The molecule has 46 heavy (non-hydrogen) atoms. The van der Waals surface area contributed by atoms with Crippen molar-refractivity contribution >= 4 is 81.9 Å². The van der Waals surface area contributed by atoms with Crippen molar-refractivity contribution in [2.75, 3.05) is 79.0 Å². The Bertz CT molecular complexity index is 1450. The molecule has 13 heteroatoms. The van der Waals surface area contributed by atoms with Gasteiger partial charge in [-0.2, -0.15) is 0 Å². The number of hydrogen-bond acceptors (Lipinski definition) is 13. The normalized spacial score (nSPS) is 17.4. The number of methoxy groups -OCH3 is 2. The molecule has 0 saturated carbocycles. The summed E-state index contributed by atoms with van der Waals surface area (Å²) in [5, 5.41) is 0. The van der Waals surface area contributed by atoms with Crippen LogP contribution in [0.1, 0.15) is 0 Å². The predicted octanol–water partition coefficient (Wildman–Crippen LogP) is 9.75. The molecule has 3 aromatic rings. The highest BCUT2D eigenvalue weighted by Crippen LogP contribution is 2.68. The first-order valence-corrected chi connectivity index (χ1v) is 20.8. The Balaban J connectivity index is 1.12. The van der Waals surface area contributed by atoms with Crippen LogP contribution < -0.4 is 0 Å². The Labute approximate surface area is 300 Å². The topological polar surface area (TPSA) is 55.4 Å². The van der Waals surface area contributed by atoms with Crippen LogP contribution >= 0.6 is 81.9 Å². The zero-order valence-electron chi connectivity index (χ0n) is 25.7. The molecule has 6 rings (SSSR count). The average Bonchev–Trinajstić information content (AvgIpc) is 3.77. The van der Waals surface area contributed by atoms with Crippen molar-refractivity contribution in [3.05, 3.63) is 77.6 Å². The van der Waals surface area contributed by atoms with E-state index in [2.05, 4.69) is 60.7 Å². The average molecular weight is 753 g/mol. The van der Waals surface area contributed by atoms with Crippen LogP contribution in [0.4, 0.5) is 0 Å². The highest BCUT2D eigenvalue weighted by Gasteiger charge is 2.39. The van der Waals surface area contributed by atoms with E-state index in [1.165, 1.54) is 47.6 Å². The fraction of sp³-hybridized carbons (Fsp3) is 0.394. The summed E-state index contributed by atoms with van der Waals surface area (Å²) in [6, 6.07) is 21.6. The van der Waals surface area contributed by atoms with Crippen molar-refractivity contribution in [2.45, 2.75) is 9.10 Å². The Morgan fingerprint density at radius 3 is 1.70 bits per heavy atom. The van der Waals surface area contributed by atoms with Crippen LogP contribution in [-0.4, -0.2) is 79.0 Å². The van der Waals surface area contributed by atoms with Gasteiger partial charge < -0.3 is 28.4 Å². The standard InChI is InChI=1S/C33H36O6S7/c1-34-13-15-36-21-38-17-33(18-39-22-37-16-14-35-2)19-40-29-30(41-20-33)46-32(45-29)31-43-27-25(23-9-5-3-6-10-23)26(42-28(27)44-31)24-11-7-4-8-12-24/h3-12H,13-22H2,1-2H3. The summed E-state index contributed by atoms with van der Waals surface area (Å²) < 4.78 is 40.3. The van der Waals surface area contributed by atoms with E-state index in [-0.39, 0.29) is 19.0 Å². The molecule has 2 aromatic carbocycles. The molecule has 3 aliphatic rings. The Hall–Kier alpha value is -0.520. The molecule has 1 aromatic heterocycles. The summed E-state index contributed by atoms with van der Waals surface area (Å²) in [6.45, 7) is 3.73. The molecule has 246 valence electrons. The molecule has 3 aliphatic heterocycles. The van der Waals surface area contributed by atoms with Gasteiger partial charge in [0.15, 0.2) is 0 Å².